The predicted molar refractivity (Wildman–Crippen MR) is 140 cm³/mol. The van der Waals surface area contributed by atoms with Gasteiger partial charge in [-0.25, -0.2) is 9.37 Å². The van der Waals surface area contributed by atoms with Crippen molar-refractivity contribution in [1.29, 1.82) is 0 Å². The number of nitrogens with one attached hydrogen (secondary N) is 1. The molecule has 2 aromatic carbocycles. The van der Waals surface area contributed by atoms with Crippen molar-refractivity contribution < 1.29 is 4.39 Å². The third-order valence-electron chi connectivity index (χ3n) is 7.63. The first-order chi connectivity index (χ1) is 17.1. The Bertz CT molecular complexity index is 1340. The number of aromatic nitrogens is 3. The van der Waals surface area contributed by atoms with Crippen molar-refractivity contribution in [3.8, 4) is 28.3 Å². The molecule has 5 nitrogen and oxygen atoms in total. The molecule has 180 valence electrons. The lowest BCUT2D eigenvalue weighted by Crippen LogP contribution is -2.32. The number of hydrogen-bond acceptors (Lipinski definition) is 3. The molecule has 2 aromatic heterocycles. The van der Waals surface area contributed by atoms with E-state index in [1.807, 2.05) is 24.5 Å². The second-order valence-electron chi connectivity index (χ2n) is 10.0. The fraction of sp³-hybridized carbons (Fsp3) is 0.345. The molecule has 2 aliphatic rings. The fourth-order valence-corrected chi connectivity index (χ4v) is 5.38. The Labute approximate surface area is 206 Å². The minimum absolute atomic E-state index is 0.216. The van der Waals surface area contributed by atoms with Crippen molar-refractivity contribution in [2.24, 2.45) is 5.92 Å². The van der Waals surface area contributed by atoms with Gasteiger partial charge in [0, 0.05) is 55.5 Å². The van der Waals surface area contributed by atoms with Gasteiger partial charge in [-0.2, -0.15) is 0 Å². The summed E-state index contributed by atoms with van der Waals surface area (Å²) in [6, 6.07) is 16.3. The fourth-order valence-electron chi connectivity index (χ4n) is 5.38. The highest BCUT2D eigenvalue weighted by molar-refractivity contribution is 5.72. The van der Waals surface area contributed by atoms with Crippen molar-refractivity contribution in [2.75, 3.05) is 24.5 Å². The van der Waals surface area contributed by atoms with Crippen molar-refractivity contribution in [3.05, 3.63) is 78.5 Å². The number of fused-ring (bicyclic) bond motifs is 5. The van der Waals surface area contributed by atoms with Gasteiger partial charge in [0.25, 0.3) is 0 Å². The first-order valence-corrected chi connectivity index (χ1v) is 12.7. The van der Waals surface area contributed by atoms with E-state index in [9.17, 15) is 4.39 Å². The van der Waals surface area contributed by atoms with Crippen LogP contribution in [0, 0.1) is 11.7 Å². The van der Waals surface area contributed by atoms with Crippen molar-refractivity contribution in [2.45, 2.75) is 39.3 Å². The first kappa shape index (κ1) is 22.1. The molecule has 0 saturated carbocycles. The predicted octanol–water partition coefficient (Wildman–Crippen LogP) is 5.72. The summed E-state index contributed by atoms with van der Waals surface area (Å²) in [4.78, 5) is 7.23. The van der Waals surface area contributed by atoms with Crippen molar-refractivity contribution >= 4 is 5.69 Å². The van der Waals surface area contributed by atoms with Crippen LogP contribution in [0.25, 0.3) is 28.3 Å². The molecule has 35 heavy (non-hydrogen) atoms. The van der Waals surface area contributed by atoms with Crippen LogP contribution in [0.4, 0.5) is 10.1 Å². The Hall–Kier alpha value is -3.38. The molecular formula is C29H32FN5. The monoisotopic (exact) mass is 469 g/mol. The van der Waals surface area contributed by atoms with Gasteiger partial charge < -0.3 is 14.8 Å². The maximum atomic E-state index is 13.5. The van der Waals surface area contributed by atoms with Gasteiger partial charge >= 0.3 is 0 Å². The third-order valence-corrected chi connectivity index (χ3v) is 7.63. The lowest BCUT2D eigenvalue weighted by atomic mass is 10.1. The molecule has 0 amide bonds. The van der Waals surface area contributed by atoms with Gasteiger partial charge in [-0.1, -0.05) is 19.1 Å². The van der Waals surface area contributed by atoms with Gasteiger partial charge in [0.05, 0.1) is 11.4 Å². The molecule has 0 radical (unpaired) electrons. The Morgan fingerprint density at radius 3 is 2.80 bits per heavy atom. The van der Waals surface area contributed by atoms with E-state index in [-0.39, 0.29) is 5.82 Å². The van der Waals surface area contributed by atoms with E-state index in [0.29, 0.717) is 12.0 Å². The Kier molecular flexibility index (Phi) is 5.69. The second-order valence-corrected chi connectivity index (χ2v) is 10.0. The van der Waals surface area contributed by atoms with Crippen LogP contribution in [0.5, 0.6) is 0 Å². The molecule has 1 saturated heterocycles. The van der Waals surface area contributed by atoms with E-state index in [1.54, 1.807) is 0 Å². The highest BCUT2D eigenvalue weighted by atomic mass is 19.1. The van der Waals surface area contributed by atoms with Gasteiger partial charge in [-0.3, -0.25) is 4.57 Å². The molecular weight excluding hydrogens is 437 g/mol. The van der Waals surface area contributed by atoms with Crippen LogP contribution < -0.4 is 10.2 Å². The number of imidazole rings is 1. The zero-order valence-electron chi connectivity index (χ0n) is 20.4. The summed E-state index contributed by atoms with van der Waals surface area (Å²) in [5.74, 6) is 1.41. The summed E-state index contributed by atoms with van der Waals surface area (Å²) < 4.78 is 17.9. The van der Waals surface area contributed by atoms with Crippen LogP contribution in [0.15, 0.2) is 67.1 Å². The molecule has 0 bridgehead atoms. The van der Waals surface area contributed by atoms with Gasteiger partial charge in [0.15, 0.2) is 5.82 Å². The van der Waals surface area contributed by atoms with Crippen molar-refractivity contribution in [3.63, 3.8) is 0 Å². The van der Waals surface area contributed by atoms with Crippen LogP contribution in [0.2, 0.25) is 0 Å². The summed E-state index contributed by atoms with van der Waals surface area (Å²) >= 11 is 0. The van der Waals surface area contributed by atoms with Gasteiger partial charge in [-0.05, 0) is 79.8 Å². The van der Waals surface area contributed by atoms with E-state index in [4.69, 9.17) is 4.98 Å². The van der Waals surface area contributed by atoms with Crippen LogP contribution in [0.1, 0.15) is 32.3 Å². The summed E-state index contributed by atoms with van der Waals surface area (Å²) in [6.07, 6.45) is 8.47. The first-order valence-electron chi connectivity index (χ1n) is 12.7. The van der Waals surface area contributed by atoms with Gasteiger partial charge in [-0.15, -0.1) is 0 Å². The van der Waals surface area contributed by atoms with E-state index in [2.05, 4.69) is 63.7 Å². The molecule has 2 aliphatic heterocycles. The maximum absolute atomic E-state index is 13.5. The topological polar surface area (TPSA) is 38.0 Å². The largest absolute Gasteiger partial charge is 0.371 e. The zero-order chi connectivity index (χ0) is 23.9. The summed E-state index contributed by atoms with van der Waals surface area (Å²) in [7, 11) is 0. The molecule has 0 aliphatic carbocycles. The Morgan fingerprint density at radius 1 is 1.11 bits per heavy atom. The Balaban J connectivity index is 1.30. The highest BCUT2D eigenvalue weighted by Gasteiger charge is 2.25. The number of nitrogens with zero attached hydrogens (tertiary/aromatic N) is 4. The highest BCUT2D eigenvalue weighted by Crippen LogP contribution is 2.36. The summed E-state index contributed by atoms with van der Waals surface area (Å²) in [5.41, 5.74) is 6.92. The molecule has 6 rings (SSSR count). The molecule has 0 unspecified atom stereocenters. The molecule has 2 atom stereocenters. The van der Waals surface area contributed by atoms with E-state index in [1.165, 1.54) is 41.9 Å². The molecule has 6 heteroatoms. The summed E-state index contributed by atoms with van der Waals surface area (Å²) in [5, 5.41) is 3.68. The summed E-state index contributed by atoms with van der Waals surface area (Å²) in [6.45, 7) is 8.57. The van der Waals surface area contributed by atoms with Crippen LogP contribution in [-0.2, 0) is 6.54 Å². The van der Waals surface area contributed by atoms with Gasteiger partial charge in [0.2, 0.25) is 0 Å². The van der Waals surface area contributed by atoms with E-state index < -0.39 is 0 Å². The standard InChI is InChI=1S/C29H32FN5/c1-3-20(2)32-16-21-10-12-33(17-21)26-8-9-27-24(14-26)19-34-18-23(22-4-6-25(30)7-5-22)15-28(34)29-31-11-13-35(27)29/h4-9,11,13-15,18,20-21,32H,3,10,12,16-17,19H2,1-2H3/t20-,21+/m1/s1. The van der Waals surface area contributed by atoms with E-state index in [0.717, 1.165) is 48.8 Å². The number of hydrogen-bond donors (Lipinski definition) is 1. The number of halogens is 1. The van der Waals surface area contributed by atoms with Gasteiger partial charge in [0.1, 0.15) is 5.82 Å². The molecule has 4 heterocycles. The number of rotatable bonds is 6. The van der Waals surface area contributed by atoms with Crippen LogP contribution in [-0.4, -0.2) is 39.8 Å². The normalized spacial score (nSPS) is 17.6. The third kappa shape index (κ3) is 4.16. The van der Waals surface area contributed by atoms with Crippen LogP contribution in [0.3, 0.4) is 0 Å². The maximum Gasteiger partial charge on any atom is 0.161 e. The lowest BCUT2D eigenvalue weighted by molar-refractivity contribution is 0.456. The smallest absolute Gasteiger partial charge is 0.161 e. The minimum atomic E-state index is -0.216. The molecule has 4 aromatic rings. The zero-order valence-corrected chi connectivity index (χ0v) is 20.4. The average Bonchev–Trinajstić information content (AvgIpc) is 3.62. The van der Waals surface area contributed by atoms with Crippen LogP contribution >= 0.6 is 0 Å². The average molecular weight is 470 g/mol. The van der Waals surface area contributed by atoms with Crippen molar-refractivity contribution in [1.82, 2.24) is 19.4 Å². The second kappa shape index (κ2) is 9.00. The van der Waals surface area contributed by atoms with E-state index >= 15 is 0 Å². The Morgan fingerprint density at radius 2 is 1.97 bits per heavy atom. The molecule has 1 N–H and O–H groups in total. The lowest BCUT2D eigenvalue weighted by Gasteiger charge is -2.22. The molecule has 0 spiro atoms. The quantitative estimate of drug-likeness (QED) is 0.346. The number of anilines is 1. The SMILES string of the molecule is CC[C@@H](C)NC[C@@H]1CCN(c2ccc3c(c2)Cn2cc(-c4ccc(F)cc4)cc2-c2nccn2-3)C1. The number of benzene rings is 2. The minimum Gasteiger partial charge on any atom is -0.371 e. The molecule has 1 fully saturated rings.